The minimum Gasteiger partial charge on any atom is -0.496 e. The molecular weight excluding hydrogens is 238 g/mol. The molecule has 0 radical (unpaired) electrons. The molecule has 2 unspecified atom stereocenters. The Morgan fingerprint density at radius 2 is 2.05 bits per heavy atom. The summed E-state index contributed by atoms with van der Waals surface area (Å²) in [4.78, 5) is 2.30. The molecule has 2 rings (SSSR count). The average Bonchev–Trinajstić information content (AvgIpc) is 2.33. The van der Waals surface area contributed by atoms with E-state index < -0.39 is 5.60 Å². The second-order valence-electron chi connectivity index (χ2n) is 5.97. The van der Waals surface area contributed by atoms with Crippen molar-refractivity contribution in [2.45, 2.75) is 45.3 Å². The minimum absolute atomic E-state index is 0.379. The zero-order valence-electron chi connectivity index (χ0n) is 12.7. The topological polar surface area (TPSA) is 32.7 Å². The number of aryl methyl sites for hydroxylation is 2. The third-order valence-corrected chi connectivity index (χ3v) is 4.39. The summed E-state index contributed by atoms with van der Waals surface area (Å²) < 4.78 is 5.51. The lowest BCUT2D eigenvalue weighted by atomic mass is 9.78. The van der Waals surface area contributed by atoms with E-state index in [1.807, 2.05) is 6.07 Å². The number of nitrogens with zero attached hydrogens (tertiary/aromatic N) is 1. The Bertz CT molecular complexity index is 472. The van der Waals surface area contributed by atoms with E-state index >= 15 is 0 Å². The molecule has 1 N–H and O–H groups in total. The van der Waals surface area contributed by atoms with Gasteiger partial charge in [-0.05, 0) is 57.9 Å². The predicted molar refractivity (Wildman–Crippen MR) is 77.7 cm³/mol. The van der Waals surface area contributed by atoms with Gasteiger partial charge in [-0.2, -0.15) is 0 Å². The molecule has 1 fully saturated rings. The van der Waals surface area contributed by atoms with Crippen LogP contribution in [-0.4, -0.2) is 36.8 Å². The smallest absolute Gasteiger partial charge is 0.125 e. The number of likely N-dealkylation sites (tertiary alicyclic amines) is 1. The van der Waals surface area contributed by atoms with Crippen molar-refractivity contribution in [2.75, 3.05) is 20.7 Å². The molecule has 1 aliphatic rings. The van der Waals surface area contributed by atoms with Crippen LogP contribution in [0.25, 0.3) is 0 Å². The monoisotopic (exact) mass is 263 g/mol. The molecule has 0 aliphatic carbocycles. The average molecular weight is 263 g/mol. The van der Waals surface area contributed by atoms with Gasteiger partial charge in [0.2, 0.25) is 0 Å². The van der Waals surface area contributed by atoms with Crippen molar-refractivity contribution in [1.29, 1.82) is 0 Å². The highest BCUT2D eigenvalue weighted by Gasteiger charge is 2.39. The van der Waals surface area contributed by atoms with Gasteiger partial charge in [0.05, 0.1) is 12.7 Å². The van der Waals surface area contributed by atoms with E-state index in [0.717, 1.165) is 36.3 Å². The SMILES string of the molecule is COc1cc(C)cc(C)c1C1(O)CCN(C)C(C)C1. The number of methoxy groups -OCH3 is 1. The molecule has 1 aliphatic heterocycles. The number of piperidine rings is 1. The third kappa shape index (κ3) is 2.63. The highest BCUT2D eigenvalue weighted by atomic mass is 16.5. The van der Waals surface area contributed by atoms with Gasteiger partial charge in [-0.25, -0.2) is 0 Å². The van der Waals surface area contributed by atoms with Crippen molar-refractivity contribution >= 4 is 0 Å². The van der Waals surface area contributed by atoms with Crippen molar-refractivity contribution < 1.29 is 9.84 Å². The van der Waals surface area contributed by atoms with Crippen LogP contribution in [0.2, 0.25) is 0 Å². The molecule has 0 spiro atoms. The lowest BCUT2D eigenvalue weighted by Crippen LogP contribution is -2.46. The van der Waals surface area contributed by atoms with E-state index in [2.05, 4.69) is 38.8 Å². The van der Waals surface area contributed by atoms with Crippen molar-refractivity contribution in [3.63, 3.8) is 0 Å². The number of aliphatic hydroxyl groups is 1. The number of hydrogen-bond donors (Lipinski definition) is 1. The Morgan fingerprint density at radius 1 is 1.37 bits per heavy atom. The minimum atomic E-state index is -0.769. The van der Waals surface area contributed by atoms with Crippen LogP contribution in [0.4, 0.5) is 0 Å². The van der Waals surface area contributed by atoms with Crippen molar-refractivity contribution in [1.82, 2.24) is 4.90 Å². The van der Waals surface area contributed by atoms with Crippen molar-refractivity contribution in [2.24, 2.45) is 0 Å². The van der Waals surface area contributed by atoms with E-state index in [1.165, 1.54) is 5.56 Å². The molecule has 1 aromatic carbocycles. The second-order valence-corrected chi connectivity index (χ2v) is 5.97. The van der Waals surface area contributed by atoms with Crippen LogP contribution in [0.3, 0.4) is 0 Å². The first-order valence-corrected chi connectivity index (χ1v) is 6.96. The van der Waals surface area contributed by atoms with Gasteiger partial charge < -0.3 is 14.7 Å². The van der Waals surface area contributed by atoms with Crippen LogP contribution in [0, 0.1) is 13.8 Å². The zero-order valence-corrected chi connectivity index (χ0v) is 12.7. The summed E-state index contributed by atoms with van der Waals surface area (Å²) in [5.41, 5.74) is 2.49. The van der Waals surface area contributed by atoms with Crippen LogP contribution in [0.5, 0.6) is 5.75 Å². The maximum atomic E-state index is 11.1. The number of ether oxygens (including phenoxy) is 1. The molecule has 3 nitrogen and oxygen atoms in total. The summed E-state index contributed by atoms with van der Waals surface area (Å²) in [6, 6.07) is 4.52. The van der Waals surface area contributed by atoms with E-state index in [9.17, 15) is 5.11 Å². The first-order valence-electron chi connectivity index (χ1n) is 6.96. The largest absolute Gasteiger partial charge is 0.496 e. The molecule has 19 heavy (non-hydrogen) atoms. The van der Waals surface area contributed by atoms with Gasteiger partial charge in [-0.3, -0.25) is 0 Å². The van der Waals surface area contributed by atoms with Crippen molar-refractivity contribution in [3.8, 4) is 5.75 Å². The number of benzene rings is 1. The summed E-state index contributed by atoms with van der Waals surface area (Å²) in [5.74, 6) is 0.816. The molecule has 1 heterocycles. The van der Waals surface area contributed by atoms with Gasteiger partial charge in [0.25, 0.3) is 0 Å². The summed E-state index contributed by atoms with van der Waals surface area (Å²) in [7, 11) is 3.79. The quantitative estimate of drug-likeness (QED) is 0.890. The van der Waals surface area contributed by atoms with Gasteiger partial charge >= 0.3 is 0 Å². The lowest BCUT2D eigenvalue weighted by molar-refractivity contribution is -0.0426. The molecule has 1 aromatic rings. The fourth-order valence-electron chi connectivity index (χ4n) is 3.24. The second kappa shape index (κ2) is 5.14. The lowest BCUT2D eigenvalue weighted by Gasteiger charge is -2.42. The number of hydrogen-bond acceptors (Lipinski definition) is 3. The highest BCUT2D eigenvalue weighted by Crippen LogP contribution is 2.42. The molecule has 0 saturated carbocycles. The van der Waals surface area contributed by atoms with E-state index in [1.54, 1.807) is 7.11 Å². The first kappa shape index (κ1) is 14.4. The first-order chi connectivity index (χ1) is 8.87. The van der Waals surface area contributed by atoms with Gasteiger partial charge in [0, 0.05) is 18.2 Å². The Kier molecular flexibility index (Phi) is 3.88. The fraction of sp³-hybridized carbons (Fsp3) is 0.625. The van der Waals surface area contributed by atoms with E-state index in [0.29, 0.717) is 6.04 Å². The van der Waals surface area contributed by atoms with E-state index in [4.69, 9.17) is 4.74 Å². The van der Waals surface area contributed by atoms with Gasteiger partial charge in [0.15, 0.2) is 0 Å². The molecule has 3 heteroatoms. The molecule has 2 atom stereocenters. The molecule has 0 aromatic heterocycles. The summed E-state index contributed by atoms with van der Waals surface area (Å²) in [6.07, 6.45) is 1.51. The number of rotatable bonds is 2. The van der Waals surface area contributed by atoms with Crippen LogP contribution in [0.1, 0.15) is 36.5 Å². The van der Waals surface area contributed by atoms with Gasteiger partial charge in [-0.15, -0.1) is 0 Å². The molecule has 106 valence electrons. The molecule has 0 amide bonds. The van der Waals surface area contributed by atoms with Gasteiger partial charge in [0.1, 0.15) is 5.75 Å². The predicted octanol–water partition coefficient (Wildman–Crippen LogP) is 2.61. The van der Waals surface area contributed by atoms with Gasteiger partial charge in [-0.1, -0.05) is 6.07 Å². The van der Waals surface area contributed by atoms with Crippen molar-refractivity contribution in [3.05, 3.63) is 28.8 Å². The Balaban J connectivity index is 2.46. The highest BCUT2D eigenvalue weighted by molar-refractivity contribution is 5.47. The zero-order chi connectivity index (χ0) is 14.2. The maximum Gasteiger partial charge on any atom is 0.125 e. The fourth-order valence-corrected chi connectivity index (χ4v) is 3.24. The van der Waals surface area contributed by atoms with Crippen LogP contribution in [0.15, 0.2) is 12.1 Å². The Morgan fingerprint density at radius 3 is 2.63 bits per heavy atom. The van der Waals surface area contributed by atoms with Crippen LogP contribution in [-0.2, 0) is 5.60 Å². The van der Waals surface area contributed by atoms with Crippen LogP contribution >= 0.6 is 0 Å². The summed E-state index contributed by atoms with van der Waals surface area (Å²) in [5, 5.41) is 11.1. The molecular formula is C16H25NO2. The Labute approximate surface area is 116 Å². The summed E-state index contributed by atoms with van der Waals surface area (Å²) in [6.45, 7) is 7.20. The molecule has 1 saturated heterocycles. The normalized spacial score (nSPS) is 28.4. The molecule has 0 bridgehead atoms. The van der Waals surface area contributed by atoms with Crippen LogP contribution < -0.4 is 4.74 Å². The maximum absolute atomic E-state index is 11.1. The standard InChI is InChI=1S/C16H25NO2/c1-11-8-12(2)15(14(9-11)19-5)16(18)6-7-17(4)13(3)10-16/h8-9,13,18H,6-7,10H2,1-5H3. The summed E-state index contributed by atoms with van der Waals surface area (Å²) >= 11 is 0. The van der Waals surface area contributed by atoms with E-state index in [-0.39, 0.29) is 0 Å². The Hall–Kier alpha value is -1.06. The third-order valence-electron chi connectivity index (χ3n) is 4.39.